The number of benzene rings is 4. The van der Waals surface area contributed by atoms with Crippen molar-refractivity contribution in [2.75, 3.05) is 183 Å². The average Bonchev–Trinajstić information content (AvgIpc) is 1.61. The molecule has 4 aromatic rings. The summed E-state index contributed by atoms with van der Waals surface area (Å²) < 4.78 is 88.6. The summed E-state index contributed by atoms with van der Waals surface area (Å²) in [7, 11) is 4.49. The Bertz CT molecular complexity index is 4870. The molecule has 9 rings (SSSR count). The molecule has 9 amide bonds. The van der Waals surface area contributed by atoms with Crippen molar-refractivity contribution < 1.29 is 148 Å². The molecule has 39 heteroatoms. The molecule has 0 bridgehead atoms. The van der Waals surface area contributed by atoms with Crippen LogP contribution >= 0.6 is 0 Å². The number of rotatable bonds is 65. The minimum Gasteiger partial charge on any atom is -0.493 e. The van der Waals surface area contributed by atoms with Gasteiger partial charge in [0, 0.05) is 114 Å². The number of unbranched alkanes of at least 4 members (excludes halogenated alkanes) is 2. The summed E-state index contributed by atoms with van der Waals surface area (Å²) in [6.07, 6.45) is 5.06. The number of anilines is 2. The molecule has 5 aliphatic heterocycles. The number of hydrogen-bond donors (Lipinski definition) is 5. The number of methoxy groups -OCH3 is 3. The van der Waals surface area contributed by atoms with Crippen molar-refractivity contribution in [1.29, 1.82) is 0 Å². The number of ketones is 4. The van der Waals surface area contributed by atoms with Crippen LogP contribution in [0.2, 0.25) is 0 Å². The van der Waals surface area contributed by atoms with Gasteiger partial charge in [-0.2, -0.15) is 0 Å². The van der Waals surface area contributed by atoms with E-state index in [-0.39, 0.29) is 160 Å². The van der Waals surface area contributed by atoms with Crippen LogP contribution in [0.5, 0.6) is 23.0 Å². The van der Waals surface area contributed by atoms with Crippen molar-refractivity contribution in [3.63, 3.8) is 0 Å². The van der Waals surface area contributed by atoms with Gasteiger partial charge < -0.3 is 112 Å². The Hall–Kier alpha value is -11.5. The number of imide groups is 1. The number of Topliss-reactive ketones (excluding diaryl/α,β-unsaturated/α-hetero) is 4. The highest BCUT2D eigenvalue weighted by molar-refractivity contribution is 6.13. The fourth-order valence-corrected chi connectivity index (χ4v) is 15.8. The Morgan fingerprint density at radius 3 is 1.17 bits per heavy atom. The zero-order valence-electron chi connectivity index (χ0n) is 84.1. The van der Waals surface area contributed by atoms with E-state index < -0.39 is 84.3 Å². The Morgan fingerprint density at radius 1 is 0.437 bits per heavy atom. The van der Waals surface area contributed by atoms with E-state index in [0.717, 1.165) is 45.1 Å². The van der Waals surface area contributed by atoms with E-state index in [2.05, 4.69) is 22.9 Å². The van der Waals surface area contributed by atoms with Gasteiger partial charge in [-0.15, -0.1) is 0 Å². The van der Waals surface area contributed by atoms with Crippen LogP contribution < -0.4 is 44.7 Å². The average molecular weight is 1990 g/mol. The third-order valence-corrected chi connectivity index (χ3v) is 23.9. The first-order chi connectivity index (χ1) is 68.3. The first-order valence-electron chi connectivity index (χ1n) is 48.6. The molecule has 5 heterocycles. The first kappa shape index (κ1) is 116. The van der Waals surface area contributed by atoms with Crippen molar-refractivity contribution >= 4 is 88.0 Å². The highest BCUT2D eigenvalue weighted by Crippen LogP contribution is 2.45. The molecule has 5 N–H and O–H groups in total. The molecular formula is C103H144N8O31. The molecule has 782 valence electrons. The molecule has 0 saturated carbocycles. The number of nitrogens with one attached hydrogen (secondary N) is 3. The molecule has 39 nitrogen and oxygen atoms in total. The van der Waals surface area contributed by atoms with Crippen molar-refractivity contribution in [3.8, 4) is 23.0 Å². The summed E-state index contributed by atoms with van der Waals surface area (Å²) in [6.45, 7) is 25.8. The molecule has 0 aromatic heterocycles. The Balaban J connectivity index is 0.000000389. The van der Waals surface area contributed by atoms with Crippen LogP contribution in [0.25, 0.3) is 0 Å². The smallest absolute Gasteiger partial charge is 0.416 e. The minimum absolute atomic E-state index is 0.00333. The largest absolute Gasteiger partial charge is 0.493 e. The fraction of sp³-hybridized carbons (Fsp3) is 0.583. The van der Waals surface area contributed by atoms with E-state index in [9.17, 15) is 72.5 Å². The van der Waals surface area contributed by atoms with Gasteiger partial charge in [-0.3, -0.25) is 57.6 Å². The van der Waals surface area contributed by atoms with Crippen molar-refractivity contribution in [2.24, 2.45) is 23.7 Å². The maximum atomic E-state index is 14.0. The minimum atomic E-state index is -1.44. The summed E-state index contributed by atoms with van der Waals surface area (Å²) >= 11 is 0. The molecule has 8 atom stereocenters. The quantitative estimate of drug-likeness (QED) is 0.0203. The Morgan fingerprint density at radius 2 is 0.803 bits per heavy atom. The lowest BCUT2D eigenvalue weighted by Gasteiger charge is -2.31. The molecule has 0 radical (unpaired) electrons. The predicted molar refractivity (Wildman–Crippen MR) is 520 cm³/mol. The van der Waals surface area contributed by atoms with Crippen molar-refractivity contribution in [3.05, 3.63) is 142 Å². The van der Waals surface area contributed by atoms with E-state index in [0.29, 0.717) is 184 Å². The van der Waals surface area contributed by atoms with Gasteiger partial charge >= 0.3 is 12.2 Å². The number of aliphatic hydroxyl groups excluding tert-OH is 2. The fourth-order valence-electron chi connectivity index (χ4n) is 15.8. The number of aliphatic hydroxyl groups is 2. The zero-order valence-corrected chi connectivity index (χ0v) is 84.1. The monoisotopic (exact) mass is 1990 g/mol. The summed E-state index contributed by atoms with van der Waals surface area (Å²) in [4.78, 5) is 175. The summed E-state index contributed by atoms with van der Waals surface area (Å²) in [5.41, 5.74) is 4.89. The van der Waals surface area contributed by atoms with Gasteiger partial charge in [0.05, 0.1) is 200 Å². The first-order valence-corrected chi connectivity index (χ1v) is 48.6. The maximum absolute atomic E-state index is 14.0. The van der Waals surface area contributed by atoms with Gasteiger partial charge in [-0.25, -0.2) is 19.4 Å². The summed E-state index contributed by atoms with van der Waals surface area (Å²) in [5, 5.41) is 31.5. The van der Waals surface area contributed by atoms with Crippen LogP contribution in [0.3, 0.4) is 0 Å². The second-order valence-electron chi connectivity index (χ2n) is 35.5. The third kappa shape index (κ3) is 36.7. The molecule has 4 aromatic carbocycles. The lowest BCUT2D eigenvalue weighted by Crippen LogP contribution is -2.50. The lowest BCUT2D eigenvalue weighted by atomic mass is 9.88. The van der Waals surface area contributed by atoms with Crippen LogP contribution in [0.1, 0.15) is 176 Å². The van der Waals surface area contributed by atoms with Gasteiger partial charge in [-0.05, 0) is 100 Å². The second kappa shape index (κ2) is 61.5. The van der Waals surface area contributed by atoms with Crippen LogP contribution in [-0.4, -0.2) is 311 Å². The van der Waals surface area contributed by atoms with Gasteiger partial charge in [-0.1, -0.05) is 107 Å². The lowest BCUT2D eigenvalue weighted by molar-refractivity contribution is -0.137. The molecular weight excluding hydrogens is 1850 g/mol. The predicted octanol–water partition coefficient (Wildman–Crippen LogP) is 9.25. The van der Waals surface area contributed by atoms with Crippen molar-refractivity contribution in [2.45, 2.75) is 196 Å². The van der Waals surface area contributed by atoms with Crippen LogP contribution in [0.4, 0.5) is 21.0 Å². The van der Waals surface area contributed by atoms with Crippen LogP contribution in [-0.2, 0) is 126 Å². The van der Waals surface area contributed by atoms with Crippen LogP contribution in [0, 0.1) is 23.7 Å². The molecule has 5 aliphatic rings. The second-order valence-corrected chi connectivity index (χ2v) is 35.5. The van der Waals surface area contributed by atoms with Gasteiger partial charge in [0.15, 0.2) is 47.0 Å². The number of hydrogen-bond acceptors (Lipinski definition) is 31. The Labute approximate surface area is 830 Å². The third-order valence-electron chi connectivity index (χ3n) is 23.9. The zero-order chi connectivity index (χ0) is 103. The summed E-state index contributed by atoms with van der Waals surface area (Å²) in [5.74, 6) is -3.54. The highest BCUT2D eigenvalue weighted by Gasteiger charge is 2.48. The van der Waals surface area contributed by atoms with E-state index in [4.69, 9.17) is 75.8 Å². The standard InChI is InChI=1S/C63H91N5O20.C40H53N3O11/c1-7-8-9-20-87-56-41-52-51(40-55(56)78-6)61(75)67-42-45(4)37-53(67)62(76)68(52)63(77)88-43-48-12-10-47(11-13-48)38-54(70)46(5)65-60(74)50(44(2)3)39-49(69)17-21-79-23-25-81-27-29-83-31-33-85-35-36-86-34-32-84-30-28-82-26-24-80-22-18-64-57(71)16-19-66-58(72)14-15-59(66)73;1-8-53-36-21-32-31(20-35(36)51-7)38(47)42-22-25(4)17-33(42)39(48)43(32)40(49)54-23-28-11-9-27(10-12-28)18-34(45)26(5)41-37(46)30(24(2)3)19-29(44)13-14-52-16-15-50-6/h10-15,40-42,44,46,50,53,62,76H,7-9,16-39,43H2,1-6H3,(H,64,71)(H,65,74);9-12,20-22,24,26,30,33,39,48H,8,13-19,23H2,1-7H3,(H,41,46)/t46-,50-,53-,62-;26-,30-,33-,39-/m00/s1. The van der Waals surface area contributed by atoms with E-state index in [1.54, 1.807) is 88.8 Å². The van der Waals surface area contributed by atoms with E-state index in [1.165, 1.54) is 60.4 Å². The molecule has 0 unspecified atom stereocenters. The number of ether oxygens (including phenoxy) is 16. The number of amides is 9. The normalized spacial score (nSPS) is 16.7. The number of carbonyl (C=O) groups is 13. The van der Waals surface area contributed by atoms with Gasteiger partial charge in [0.2, 0.25) is 17.7 Å². The number of carbonyl (C=O) groups excluding carboxylic acids is 13. The highest BCUT2D eigenvalue weighted by atomic mass is 16.6. The van der Waals surface area contributed by atoms with Gasteiger partial charge in [0.1, 0.15) is 24.8 Å². The molecule has 0 aliphatic carbocycles. The molecule has 0 spiro atoms. The number of fused-ring (bicyclic) bond motifs is 4. The maximum Gasteiger partial charge on any atom is 0.416 e. The van der Waals surface area contributed by atoms with E-state index in [1.807, 2.05) is 41.5 Å². The summed E-state index contributed by atoms with van der Waals surface area (Å²) in [6, 6.07) is 16.8. The van der Waals surface area contributed by atoms with Gasteiger partial charge in [0.25, 0.3) is 23.6 Å². The topological polar surface area (TPSA) is 462 Å². The van der Waals surface area contributed by atoms with Crippen LogP contribution in [0.15, 0.2) is 108 Å². The molecule has 0 fully saturated rings. The number of nitrogens with zero attached hydrogens (tertiary/aromatic N) is 5. The van der Waals surface area contributed by atoms with Crippen molar-refractivity contribution in [1.82, 2.24) is 30.7 Å². The Kier molecular flexibility index (Phi) is 50.1. The van der Waals surface area contributed by atoms with E-state index >= 15 is 0 Å². The molecule has 142 heavy (non-hydrogen) atoms. The molecule has 0 saturated heterocycles. The SMILES string of the molecule is CCCCCOc1cc2c(cc1OC)C(=O)N1C=C(C)C[C@H]1[C@H](O)N2C(=O)OCc1ccc(CC(=O)[C@H](C)NC(=O)[C@@H](CC(=O)CCOCCOCCOCCOCCOCCOCCOCCOCCNC(=O)CCN2C(=O)C=CC2=O)C(C)C)cc1.CCOc1cc2c(cc1OC)C(=O)N1C=C(C)C[C@H]1[C@H](O)N2C(=O)OCc1ccc(CC(=O)[C@H](C)NC(=O)[C@@H](CC(=O)CCOCCOC)C(C)C)cc1.